The number of imide groups is 1. The van der Waals surface area contributed by atoms with E-state index in [1.165, 1.54) is 0 Å². The second-order valence-corrected chi connectivity index (χ2v) is 4.15. The highest BCUT2D eigenvalue weighted by Crippen LogP contribution is 2.17. The van der Waals surface area contributed by atoms with Crippen LogP contribution in [0.15, 0.2) is 12.3 Å². The van der Waals surface area contributed by atoms with Crippen molar-refractivity contribution in [2.45, 2.75) is 12.8 Å². The molecule has 2 rings (SSSR count). The molecule has 5 nitrogen and oxygen atoms in total. The molecule has 1 aromatic heterocycles. The summed E-state index contributed by atoms with van der Waals surface area (Å²) in [6.07, 6.45) is 1.08. The van der Waals surface area contributed by atoms with Gasteiger partial charge in [0, 0.05) is 12.8 Å². The minimum Gasteiger partial charge on any atom is -0.292 e. The molecule has 0 spiro atoms. The van der Waals surface area contributed by atoms with E-state index in [0.29, 0.717) is 0 Å². The molecule has 1 saturated heterocycles. The molecule has 0 radical (unpaired) electrons. The number of ketones is 1. The van der Waals surface area contributed by atoms with E-state index in [1.54, 1.807) is 0 Å². The summed E-state index contributed by atoms with van der Waals surface area (Å²) in [6.45, 7) is -0.428. The van der Waals surface area contributed by atoms with Crippen molar-refractivity contribution in [3.05, 3.63) is 28.8 Å². The summed E-state index contributed by atoms with van der Waals surface area (Å²) in [5.41, 5.74) is -0.135. The molecule has 0 atom stereocenters. The number of halogens is 2. The number of carbonyl (C=O) groups is 3. The normalized spacial score (nSPS) is 15.3. The second kappa shape index (κ2) is 4.81. The van der Waals surface area contributed by atoms with Crippen molar-refractivity contribution < 1.29 is 18.8 Å². The van der Waals surface area contributed by atoms with E-state index in [0.717, 1.165) is 17.2 Å². The van der Waals surface area contributed by atoms with Crippen molar-refractivity contribution in [1.29, 1.82) is 0 Å². The maximum Gasteiger partial charge on any atom is 0.230 e. The van der Waals surface area contributed by atoms with Gasteiger partial charge in [0.25, 0.3) is 0 Å². The Morgan fingerprint density at radius 2 is 2.00 bits per heavy atom. The minimum absolute atomic E-state index is 0.0985. The zero-order valence-electron chi connectivity index (χ0n) is 9.15. The first-order valence-corrected chi connectivity index (χ1v) is 5.54. The van der Waals surface area contributed by atoms with Crippen LogP contribution in [0.25, 0.3) is 0 Å². The Kier molecular flexibility index (Phi) is 3.38. The predicted octanol–water partition coefficient (Wildman–Crippen LogP) is 1.21. The summed E-state index contributed by atoms with van der Waals surface area (Å²) in [6, 6.07) is 0.933. The summed E-state index contributed by atoms with van der Waals surface area (Å²) in [4.78, 5) is 38.8. The van der Waals surface area contributed by atoms with Crippen molar-refractivity contribution in [2.75, 3.05) is 6.54 Å². The van der Waals surface area contributed by atoms with Gasteiger partial charge < -0.3 is 0 Å². The Balaban J connectivity index is 2.19. The largest absolute Gasteiger partial charge is 0.292 e. The van der Waals surface area contributed by atoms with Crippen LogP contribution in [0.1, 0.15) is 23.2 Å². The first-order chi connectivity index (χ1) is 8.49. The van der Waals surface area contributed by atoms with Gasteiger partial charge in [-0.1, -0.05) is 11.6 Å². The lowest BCUT2D eigenvalue weighted by molar-refractivity contribution is -0.137. The Morgan fingerprint density at radius 3 is 2.61 bits per heavy atom. The van der Waals surface area contributed by atoms with Crippen LogP contribution in [-0.2, 0) is 9.59 Å². The van der Waals surface area contributed by atoms with Crippen LogP contribution in [0.2, 0.25) is 5.15 Å². The maximum atomic E-state index is 13.0. The van der Waals surface area contributed by atoms with E-state index >= 15 is 0 Å². The van der Waals surface area contributed by atoms with Gasteiger partial charge in [0.1, 0.15) is 11.0 Å². The fraction of sp³-hybridized carbons (Fsp3) is 0.273. The first-order valence-electron chi connectivity index (χ1n) is 5.16. The molecule has 1 aliphatic heterocycles. The van der Waals surface area contributed by atoms with Gasteiger partial charge in [0.05, 0.1) is 18.3 Å². The highest BCUT2D eigenvalue weighted by Gasteiger charge is 2.31. The lowest BCUT2D eigenvalue weighted by Crippen LogP contribution is -2.34. The summed E-state index contributed by atoms with van der Waals surface area (Å²) in [7, 11) is 0. The number of amides is 2. The minimum atomic E-state index is -0.707. The molecule has 0 aromatic carbocycles. The van der Waals surface area contributed by atoms with Crippen LogP contribution in [0.3, 0.4) is 0 Å². The number of hydrogen-bond donors (Lipinski definition) is 0. The van der Waals surface area contributed by atoms with Crippen LogP contribution in [0, 0.1) is 5.82 Å². The number of aromatic nitrogens is 1. The zero-order valence-corrected chi connectivity index (χ0v) is 9.91. The van der Waals surface area contributed by atoms with Crippen LogP contribution in [0.5, 0.6) is 0 Å². The number of pyridine rings is 1. The van der Waals surface area contributed by atoms with Gasteiger partial charge in [-0.05, 0) is 6.07 Å². The van der Waals surface area contributed by atoms with Gasteiger partial charge in [-0.3, -0.25) is 19.3 Å². The van der Waals surface area contributed by atoms with Gasteiger partial charge in [-0.25, -0.2) is 9.37 Å². The van der Waals surface area contributed by atoms with E-state index in [4.69, 9.17) is 11.6 Å². The molecular formula is C11H8ClFN2O3. The third kappa shape index (κ3) is 2.38. The molecule has 0 aliphatic carbocycles. The highest BCUT2D eigenvalue weighted by molar-refractivity contribution is 6.33. The summed E-state index contributed by atoms with van der Waals surface area (Å²) < 4.78 is 13.0. The Bertz CT molecular complexity index is 531. The first kappa shape index (κ1) is 12.6. The van der Waals surface area contributed by atoms with Crippen molar-refractivity contribution >= 4 is 29.2 Å². The van der Waals surface area contributed by atoms with Gasteiger partial charge in [0.2, 0.25) is 11.8 Å². The topological polar surface area (TPSA) is 67.3 Å². The molecule has 1 fully saturated rings. The second-order valence-electron chi connectivity index (χ2n) is 3.79. The zero-order chi connectivity index (χ0) is 13.3. The fourth-order valence-corrected chi connectivity index (χ4v) is 1.85. The molecule has 1 aromatic rings. The van der Waals surface area contributed by atoms with E-state index in [-0.39, 0.29) is 23.6 Å². The molecule has 0 unspecified atom stereocenters. The monoisotopic (exact) mass is 270 g/mol. The maximum absolute atomic E-state index is 13.0. The molecule has 0 N–H and O–H groups in total. The van der Waals surface area contributed by atoms with Crippen LogP contribution in [0.4, 0.5) is 4.39 Å². The van der Waals surface area contributed by atoms with Crippen LogP contribution in [-0.4, -0.2) is 34.0 Å². The molecule has 0 bridgehead atoms. The number of hydrogen-bond acceptors (Lipinski definition) is 4. The third-order valence-corrected chi connectivity index (χ3v) is 2.86. The van der Waals surface area contributed by atoms with Gasteiger partial charge in [-0.2, -0.15) is 0 Å². The van der Waals surface area contributed by atoms with E-state index in [1.807, 2.05) is 0 Å². The number of carbonyl (C=O) groups excluding carboxylic acids is 3. The molecule has 18 heavy (non-hydrogen) atoms. The molecule has 2 amide bonds. The average Bonchev–Trinajstić information content (AvgIpc) is 2.64. The van der Waals surface area contributed by atoms with Crippen LogP contribution < -0.4 is 0 Å². The smallest absolute Gasteiger partial charge is 0.230 e. The van der Waals surface area contributed by atoms with Gasteiger partial charge in [0.15, 0.2) is 5.78 Å². The molecule has 94 valence electrons. The Hall–Kier alpha value is -1.82. The van der Waals surface area contributed by atoms with E-state index < -0.39 is 30.0 Å². The predicted molar refractivity (Wildman–Crippen MR) is 59.5 cm³/mol. The molecular weight excluding hydrogens is 263 g/mol. The molecule has 2 heterocycles. The summed E-state index contributed by atoms with van der Waals surface area (Å²) in [5, 5.41) is -0.152. The van der Waals surface area contributed by atoms with Gasteiger partial charge in [-0.15, -0.1) is 0 Å². The summed E-state index contributed by atoms with van der Waals surface area (Å²) >= 11 is 5.66. The van der Waals surface area contributed by atoms with E-state index in [2.05, 4.69) is 4.98 Å². The highest BCUT2D eigenvalue weighted by atomic mass is 35.5. The lowest BCUT2D eigenvalue weighted by Gasteiger charge is -2.12. The number of likely N-dealkylation sites (tertiary alicyclic amines) is 1. The lowest BCUT2D eigenvalue weighted by atomic mass is 10.2. The Morgan fingerprint density at radius 1 is 1.39 bits per heavy atom. The molecule has 7 heteroatoms. The van der Waals surface area contributed by atoms with Crippen LogP contribution >= 0.6 is 11.6 Å². The summed E-state index contributed by atoms with van der Waals surface area (Å²) in [5.74, 6) is -2.14. The average molecular weight is 271 g/mol. The van der Waals surface area contributed by atoms with Gasteiger partial charge >= 0.3 is 0 Å². The standard InChI is InChI=1S/C11H8ClFN2O3/c12-11-7(3-6(13)4-14-11)8(16)5-15-9(17)1-2-10(15)18/h3-4H,1-2,5H2. The number of Topliss-reactive ketones (excluding diaryl/α,β-unsaturated/α-hetero) is 1. The van der Waals surface area contributed by atoms with Crippen molar-refractivity contribution in [2.24, 2.45) is 0 Å². The number of nitrogens with zero attached hydrogens (tertiary/aromatic N) is 2. The fourth-order valence-electron chi connectivity index (χ4n) is 1.65. The van der Waals surface area contributed by atoms with E-state index in [9.17, 15) is 18.8 Å². The molecule has 0 saturated carbocycles. The SMILES string of the molecule is O=C(CN1C(=O)CCC1=O)c1cc(F)cnc1Cl. The van der Waals surface area contributed by atoms with Crippen molar-refractivity contribution in [1.82, 2.24) is 9.88 Å². The Labute approximate surface area is 107 Å². The third-order valence-electron chi connectivity index (χ3n) is 2.56. The van der Waals surface area contributed by atoms with Crippen molar-refractivity contribution in [3.8, 4) is 0 Å². The van der Waals surface area contributed by atoms with Crippen molar-refractivity contribution in [3.63, 3.8) is 0 Å². The molecule has 1 aliphatic rings. The quantitative estimate of drug-likeness (QED) is 0.470. The number of rotatable bonds is 3.